The number of aryl methyl sites for hydroxylation is 1. The molecule has 0 unspecified atom stereocenters. The van der Waals surface area contributed by atoms with Crippen LogP contribution in [-0.2, 0) is 4.74 Å². The Morgan fingerprint density at radius 3 is 2.33 bits per heavy atom. The first-order valence-corrected chi connectivity index (χ1v) is 7.98. The van der Waals surface area contributed by atoms with Gasteiger partial charge < -0.3 is 15.0 Å². The van der Waals surface area contributed by atoms with Crippen molar-refractivity contribution in [3.05, 3.63) is 65.2 Å². The quantitative estimate of drug-likeness (QED) is 0.944. The highest BCUT2D eigenvalue weighted by Gasteiger charge is 2.18. The first-order valence-electron chi connectivity index (χ1n) is 7.98. The lowest BCUT2D eigenvalue weighted by Crippen LogP contribution is -2.40. The van der Waals surface area contributed by atoms with E-state index in [-0.39, 0.29) is 11.8 Å². The number of nitrogens with one attached hydrogen (secondary N) is 1. The van der Waals surface area contributed by atoms with E-state index in [1.165, 1.54) is 0 Å². The van der Waals surface area contributed by atoms with Crippen molar-refractivity contribution in [3.63, 3.8) is 0 Å². The lowest BCUT2D eigenvalue weighted by Gasteiger charge is -2.26. The maximum Gasteiger partial charge on any atom is 0.255 e. The summed E-state index contributed by atoms with van der Waals surface area (Å²) in [6.07, 6.45) is 0. The molecule has 2 aromatic rings. The van der Waals surface area contributed by atoms with Crippen LogP contribution in [0.3, 0.4) is 0 Å². The van der Waals surface area contributed by atoms with Gasteiger partial charge in [0.15, 0.2) is 0 Å². The zero-order valence-electron chi connectivity index (χ0n) is 13.6. The van der Waals surface area contributed by atoms with E-state index in [1.54, 1.807) is 29.2 Å². The standard InChI is InChI=1S/C19H20N2O3/c1-14-3-2-4-17(13-14)20-18(22)15-5-7-16(8-6-15)19(23)21-9-11-24-12-10-21/h2-8,13H,9-12H2,1H3,(H,20,22). The third-order valence-electron chi connectivity index (χ3n) is 3.97. The third-order valence-corrected chi connectivity index (χ3v) is 3.97. The van der Waals surface area contributed by atoms with Crippen molar-refractivity contribution in [3.8, 4) is 0 Å². The number of hydrogen-bond acceptors (Lipinski definition) is 3. The third kappa shape index (κ3) is 3.81. The second-order valence-corrected chi connectivity index (χ2v) is 5.81. The van der Waals surface area contributed by atoms with Crippen molar-refractivity contribution in [2.75, 3.05) is 31.6 Å². The normalized spacial score (nSPS) is 14.3. The fourth-order valence-electron chi connectivity index (χ4n) is 2.64. The van der Waals surface area contributed by atoms with Crippen molar-refractivity contribution < 1.29 is 14.3 Å². The number of carbonyl (C=O) groups is 2. The van der Waals surface area contributed by atoms with Crippen molar-refractivity contribution in [1.29, 1.82) is 0 Å². The summed E-state index contributed by atoms with van der Waals surface area (Å²) >= 11 is 0. The van der Waals surface area contributed by atoms with Gasteiger partial charge in [0, 0.05) is 29.9 Å². The lowest BCUT2D eigenvalue weighted by atomic mass is 10.1. The van der Waals surface area contributed by atoms with Gasteiger partial charge >= 0.3 is 0 Å². The van der Waals surface area contributed by atoms with E-state index in [1.807, 2.05) is 31.2 Å². The monoisotopic (exact) mass is 324 g/mol. The summed E-state index contributed by atoms with van der Waals surface area (Å²) in [5.74, 6) is -0.213. The largest absolute Gasteiger partial charge is 0.378 e. The minimum Gasteiger partial charge on any atom is -0.378 e. The number of nitrogens with zero attached hydrogens (tertiary/aromatic N) is 1. The molecule has 1 aliphatic heterocycles. The number of amides is 2. The van der Waals surface area contributed by atoms with Gasteiger partial charge in [0.2, 0.25) is 0 Å². The first kappa shape index (κ1) is 16.2. The average molecular weight is 324 g/mol. The van der Waals surface area contributed by atoms with Gasteiger partial charge in [-0.25, -0.2) is 0 Å². The summed E-state index contributed by atoms with van der Waals surface area (Å²) in [5, 5.41) is 2.86. The Bertz CT molecular complexity index is 735. The van der Waals surface area contributed by atoms with E-state index in [0.29, 0.717) is 37.4 Å². The predicted molar refractivity (Wildman–Crippen MR) is 92.3 cm³/mol. The Morgan fingerprint density at radius 1 is 1.00 bits per heavy atom. The summed E-state index contributed by atoms with van der Waals surface area (Å²) in [7, 11) is 0. The van der Waals surface area contributed by atoms with Gasteiger partial charge in [-0.1, -0.05) is 12.1 Å². The summed E-state index contributed by atoms with van der Waals surface area (Å²) < 4.78 is 5.25. The Hall–Kier alpha value is -2.66. The maximum atomic E-state index is 12.4. The predicted octanol–water partition coefficient (Wildman–Crippen LogP) is 2.72. The van der Waals surface area contributed by atoms with Crippen molar-refractivity contribution in [2.24, 2.45) is 0 Å². The van der Waals surface area contributed by atoms with Gasteiger partial charge in [-0.05, 0) is 48.9 Å². The second kappa shape index (κ2) is 7.27. The molecule has 124 valence electrons. The van der Waals surface area contributed by atoms with Crippen molar-refractivity contribution in [1.82, 2.24) is 4.90 Å². The van der Waals surface area contributed by atoms with E-state index in [4.69, 9.17) is 4.74 Å². The Morgan fingerprint density at radius 2 is 1.67 bits per heavy atom. The minimum absolute atomic E-state index is 0.0241. The van der Waals surface area contributed by atoms with Crippen LogP contribution in [0.15, 0.2) is 48.5 Å². The molecule has 1 aliphatic rings. The van der Waals surface area contributed by atoms with Gasteiger partial charge in [-0.15, -0.1) is 0 Å². The van der Waals surface area contributed by atoms with E-state index in [2.05, 4.69) is 5.32 Å². The van der Waals surface area contributed by atoms with E-state index < -0.39 is 0 Å². The second-order valence-electron chi connectivity index (χ2n) is 5.81. The van der Waals surface area contributed by atoms with Gasteiger partial charge in [0.25, 0.3) is 11.8 Å². The molecule has 1 fully saturated rings. The van der Waals surface area contributed by atoms with Crippen LogP contribution >= 0.6 is 0 Å². The van der Waals surface area contributed by atoms with Crippen LogP contribution in [0.5, 0.6) is 0 Å². The van der Waals surface area contributed by atoms with Crippen LogP contribution in [0.25, 0.3) is 0 Å². The molecule has 1 N–H and O–H groups in total. The lowest BCUT2D eigenvalue weighted by molar-refractivity contribution is 0.0303. The number of carbonyl (C=O) groups excluding carboxylic acids is 2. The van der Waals surface area contributed by atoms with Gasteiger partial charge in [0.1, 0.15) is 0 Å². The Balaban J connectivity index is 1.67. The van der Waals surface area contributed by atoms with E-state index >= 15 is 0 Å². The maximum absolute atomic E-state index is 12.4. The van der Waals surface area contributed by atoms with Crippen molar-refractivity contribution in [2.45, 2.75) is 6.92 Å². The fourth-order valence-corrected chi connectivity index (χ4v) is 2.64. The summed E-state index contributed by atoms with van der Waals surface area (Å²) in [6.45, 7) is 4.33. The van der Waals surface area contributed by atoms with Crippen LogP contribution < -0.4 is 5.32 Å². The molecule has 24 heavy (non-hydrogen) atoms. The van der Waals surface area contributed by atoms with E-state index in [0.717, 1.165) is 11.3 Å². The molecule has 2 amide bonds. The molecule has 0 aliphatic carbocycles. The molecule has 3 rings (SSSR count). The highest BCUT2D eigenvalue weighted by molar-refractivity contribution is 6.05. The number of morpholine rings is 1. The number of hydrogen-bond donors (Lipinski definition) is 1. The van der Waals surface area contributed by atoms with Gasteiger partial charge in [-0.3, -0.25) is 9.59 Å². The molecule has 5 heteroatoms. The zero-order valence-corrected chi connectivity index (χ0v) is 13.6. The molecular formula is C19H20N2O3. The van der Waals surface area contributed by atoms with Crippen LogP contribution in [0.1, 0.15) is 26.3 Å². The SMILES string of the molecule is Cc1cccc(NC(=O)c2ccc(C(=O)N3CCOCC3)cc2)c1. The zero-order chi connectivity index (χ0) is 16.9. The highest BCUT2D eigenvalue weighted by atomic mass is 16.5. The summed E-state index contributed by atoms with van der Waals surface area (Å²) in [6, 6.07) is 14.4. The van der Waals surface area contributed by atoms with Gasteiger partial charge in [-0.2, -0.15) is 0 Å². The molecule has 5 nitrogen and oxygen atoms in total. The van der Waals surface area contributed by atoms with Crippen LogP contribution in [0, 0.1) is 6.92 Å². The molecule has 0 atom stereocenters. The molecule has 0 saturated carbocycles. The average Bonchev–Trinajstić information content (AvgIpc) is 2.62. The van der Waals surface area contributed by atoms with Crippen LogP contribution in [0.4, 0.5) is 5.69 Å². The molecule has 0 bridgehead atoms. The number of rotatable bonds is 3. The first-order chi connectivity index (χ1) is 11.6. The minimum atomic E-state index is -0.189. The summed E-state index contributed by atoms with van der Waals surface area (Å²) in [5.41, 5.74) is 2.95. The number of ether oxygens (including phenoxy) is 1. The Labute approximate surface area is 141 Å². The number of anilines is 1. The van der Waals surface area contributed by atoms with Crippen LogP contribution in [0.2, 0.25) is 0 Å². The topological polar surface area (TPSA) is 58.6 Å². The molecule has 1 saturated heterocycles. The smallest absolute Gasteiger partial charge is 0.255 e. The molecule has 0 aromatic heterocycles. The van der Waals surface area contributed by atoms with E-state index in [9.17, 15) is 9.59 Å². The Kier molecular flexibility index (Phi) is 4.91. The van der Waals surface area contributed by atoms with Gasteiger partial charge in [0.05, 0.1) is 13.2 Å². The van der Waals surface area contributed by atoms with Crippen molar-refractivity contribution >= 4 is 17.5 Å². The molecule has 2 aromatic carbocycles. The summed E-state index contributed by atoms with van der Waals surface area (Å²) in [4.78, 5) is 26.4. The fraction of sp³-hybridized carbons (Fsp3) is 0.263. The molecular weight excluding hydrogens is 304 g/mol. The number of benzene rings is 2. The van der Waals surface area contributed by atoms with Crippen LogP contribution in [-0.4, -0.2) is 43.0 Å². The molecule has 0 radical (unpaired) electrons. The molecule has 1 heterocycles. The highest BCUT2D eigenvalue weighted by Crippen LogP contribution is 2.13. The molecule has 0 spiro atoms.